The van der Waals surface area contributed by atoms with Crippen molar-refractivity contribution in [2.24, 2.45) is 0 Å². The van der Waals surface area contributed by atoms with Gasteiger partial charge in [-0.05, 0) is 18.6 Å². The molecule has 21 heavy (non-hydrogen) atoms. The van der Waals surface area contributed by atoms with Gasteiger partial charge in [0.25, 0.3) is 5.91 Å². The van der Waals surface area contributed by atoms with Crippen LogP contribution in [0, 0.1) is 0 Å². The molecule has 2 N–H and O–H groups in total. The lowest BCUT2D eigenvalue weighted by Gasteiger charge is -2.16. The number of aliphatic carboxylic acids is 1. The Morgan fingerprint density at radius 3 is 2.38 bits per heavy atom. The van der Waals surface area contributed by atoms with E-state index in [-0.39, 0.29) is 22.6 Å². The predicted molar refractivity (Wildman–Crippen MR) is 78.0 cm³/mol. The minimum Gasteiger partial charge on any atom is -0.481 e. The van der Waals surface area contributed by atoms with Crippen LogP contribution in [0.2, 0.25) is 0 Å². The third-order valence-electron chi connectivity index (χ3n) is 3.10. The van der Waals surface area contributed by atoms with Crippen LogP contribution in [-0.2, 0) is 14.6 Å². The molecule has 0 aliphatic carbocycles. The molecule has 0 saturated heterocycles. The molecule has 1 amide bonds. The first-order chi connectivity index (χ1) is 9.81. The van der Waals surface area contributed by atoms with Gasteiger partial charge >= 0.3 is 5.97 Å². The van der Waals surface area contributed by atoms with Gasteiger partial charge in [-0.15, -0.1) is 0 Å². The van der Waals surface area contributed by atoms with E-state index in [9.17, 15) is 18.0 Å². The zero-order valence-electron chi connectivity index (χ0n) is 12.0. The van der Waals surface area contributed by atoms with Crippen molar-refractivity contribution in [1.82, 2.24) is 5.32 Å². The maximum absolute atomic E-state index is 12.2. The predicted octanol–water partition coefficient (Wildman–Crippen LogP) is 1.46. The largest absolute Gasteiger partial charge is 0.481 e. The van der Waals surface area contributed by atoms with E-state index in [1.807, 2.05) is 0 Å². The minimum atomic E-state index is -3.52. The number of carbonyl (C=O) groups is 2. The number of carboxylic acids is 1. The quantitative estimate of drug-likeness (QED) is 0.793. The maximum Gasteiger partial charge on any atom is 0.305 e. The fraction of sp³-hybridized carbons (Fsp3) is 0.429. The molecule has 0 fully saturated rings. The summed E-state index contributed by atoms with van der Waals surface area (Å²) in [5, 5.41) is 11.3. The highest BCUT2D eigenvalue weighted by molar-refractivity contribution is 7.91. The first-order valence-corrected chi connectivity index (χ1v) is 8.31. The van der Waals surface area contributed by atoms with Crippen molar-refractivity contribution in [3.63, 3.8) is 0 Å². The van der Waals surface area contributed by atoms with Gasteiger partial charge in [0.2, 0.25) is 0 Å². The number of rotatable bonds is 7. The van der Waals surface area contributed by atoms with Crippen LogP contribution in [0.25, 0.3) is 0 Å². The highest BCUT2D eigenvalue weighted by Gasteiger charge is 2.22. The third-order valence-corrected chi connectivity index (χ3v) is 4.88. The molecule has 116 valence electrons. The summed E-state index contributed by atoms with van der Waals surface area (Å²) in [6.07, 6.45) is 0.242. The van der Waals surface area contributed by atoms with Gasteiger partial charge in [-0.2, -0.15) is 0 Å². The smallest absolute Gasteiger partial charge is 0.305 e. The lowest BCUT2D eigenvalue weighted by atomic mass is 10.1. The van der Waals surface area contributed by atoms with E-state index in [4.69, 9.17) is 5.11 Å². The molecule has 6 nitrogen and oxygen atoms in total. The molecule has 0 spiro atoms. The average Bonchev–Trinajstić information content (AvgIpc) is 2.45. The van der Waals surface area contributed by atoms with Crippen LogP contribution < -0.4 is 5.32 Å². The first-order valence-electron chi connectivity index (χ1n) is 6.66. The molecule has 1 rings (SSSR count). The molecule has 1 aromatic carbocycles. The minimum absolute atomic E-state index is 0.0322. The SMILES string of the molecule is CCC(CC(=O)O)NC(=O)c1ccccc1S(=O)(=O)CC. The Kier molecular flexibility index (Phi) is 5.90. The zero-order chi connectivity index (χ0) is 16.0. The van der Waals surface area contributed by atoms with Gasteiger partial charge in [0.1, 0.15) is 0 Å². The van der Waals surface area contributed by atoms with E-state index in [2.05, 4.69) is 5.32 Å². The van der Waals surface area contributed by atoms with Crippen molar-refractivity contribution in [1.29, 1.82) is 0 Å². The molecule has 0 radical (unpaired) electrons. The van der Waals surface area contributed by atoms with Crippen molar-refractivity contribution in [2.75, 3.05) is 5.75 Å². The zero-order valence-corrected chi connectivity index (χ0v) is 12.8. The van der Waals surface area contributed by atoms with Crippen LogP contribution in [0.3, 0.4) is 0 Å². The van der Waals surface area contributed by atoms with Gasteiger partial charge < -0.3 is 10.4 Å². The number of amides is 1. The molecule has 7 heteroatoms. The number of hydrogen-bond donors (Lipinski definition) is 2. The maximum atomic E-state index is 12.2. The van der Waals surface area contributed by atoms with Gasteiger partial charge in [0.15, 0.2) is 9.84 Å². The third kappa shape index (κ3) is 4.56. The first kappa shape index (κ1) is 17.2. The lowest BCUT2D eigenvalue weighted by molar-refractivity contribution is -0.137. The number of sulfone groups is 1. The Morgan fingerprint density at radius 1 is 1.24 bits per heavy atom. The van der Waals surface area contributed by atoms with Crippen LogP contribution >= 0.6 is 0 Å². The molecule has 1 aromatic rings. The number of benzene rings is 1. The summed E-state index contributed by atoms with van der Waals surface area (Å²) in [6.45, 7) is 3.26. The Bertz CT molecular complexity index is 624. The molecule has 0 heterocycles. The Balaban J connectivity index is 3.06. The van der Waals surface area contributed by atoms with Crippen LogP contribution in [0.1, 0.15) is 37.0 Å². The summed E-state index contributed by atoms with van der Waals surface area (Å²) >= 11 is 0. The second-order valence-corrected chi connectivity index (χ2v) is 6.82. The van der Waals surface area contributed by atoms with E-state index in [0.717, 1.165) is 0 Å². The van der Waals surface area contributed by atoms with Crippen LogP contribution in [0.5, 0.6) is 0 Å². The van der Waals surface area contributed by atoms with Crippen molar-refractivity contribution in [2.45, 2.75) is 37.6 Å². The summed E-state index contributed by atoms with van der Waals surface area (Å²) in [7, 11) is -3.52. The molecular formula is C14H19NO5S. The van der Waals surface area contributed by atoms with E-state index in [0.29, 0.717) is 6.42 Å². The highest BCUT2D eigenvalue weighted by Crippen LogP contribution is 2.17. The Labute approximate surface area is 124 Å². The van der Waals surface area contributed by atoms with Crippen molar-refractivity contribution >= 4 is 21.7 Å². The van der Waals surface area contributed by atoms with Crippen molar-refractivity contribution < 1.29 is 23.1 Å². The Morgan fingerprint density at radius 2 is 1.86 bits per heavy atom. The van der Waals surface area contributed by atoms with E-state index < -0.39 is 27.8 Å². The van der Waals surface area contributed by atoms with Crippen molar-refractivity contribution in [3.8, 4) is 0 Å². The van der Waals surface area contributed by atoms with Crippen molar-refractivity contribution in [3.05, 3.63) is 29.8 Å². The number of nitrogens with one attached hydrogen (secondary N) is 1. The summed E-state index contributed by atoms with van der Waals surface area (Å²) in [4.78, 5) is 22.9. The fourth-order valence-corrected chi connectivity index (χ4v) is 2.94. The number of carbonyl (C=O) groups excluding carboxylic acids is 1. The highest BCUT2D eigenvalue weighted by atomic mass is 32.2. The van der Waals surface area contributed by atoms with Crippen LogP contribution in [0.4, 0.5) is 0 Å². The van der Waals surface area contributed by atoms with Gasteiger partial charge in [-0.1, -0.05) is 26.0 Å². The molecule has 1 unspecified atom stereocenters. The second-order valence-electron chi connectivity index (χ2n) is 4.58. The average molecular weight is 313 g/mol. The molecule has 0 aliphatic rings. The van der Waals surface area contributed by atoms with Gasteiger partial charge in [-0.25, -0.2) is 8.42 Å². The number of carboxylic acid groups (broad SMARTS) is 1. The standard InChI is InChI=1S/C14H19NO5S/c1-3-10(9-13(16)17)15-14(18)11-7-5-6-8-12(11)21(19,20)4-2/h5-8,10H,3-4,9H2,1-2H3,(H,15,18)(H,16,17). The lowest BCUT2D eigenvalue weighted by Crippen LogP contribution is -2.36. The summed E-state index contributed by atoms with van der Waals surface area (Å²) in [5.41, 5.74) is 0.0446. The molecule has 0 aliphatic heterocycles. The Hall–Kier alpha value is -1.89. The molecule has 0 bridgehead atoms. The molecule has 1 atom stereocenters. The summed E-state index contributed by atoms with van der Waals surface area (Å²) < 4.78 is 24.0. The fourth-order valence-electron chi connectivity index (χ4n) is 1.85. The molecule has 0 saturated carbocycles. The molecule has 0 aromatic heterocycles. The summed E-state index contributed by atoms with van der Waals surface area (Å²) in [5.74, 6) is -1.70. The summed E-state index contributed by atoms with van der Waals surface area (Å²) in [6, 6.07) is 5.39. The van der Waals surface area contributed by atoms with Gasteiger partial charge in [-0.3, -0.25) is 9.59 Å². The van der Waals surface area contributed by atoms with Gasteiger partial charge in [0, 0.05) is 6.04 Å². The van der Waals surface area contributed by atoms with Crippen LogP contribution in [0.15, 0.2) is 29.2 Å². The molecular weight excluding hydrogens is 294 g/mol. The van der Waals surface area contributed by atoms with Gasteiger partial charge in [0.05, 0.1) is 22.6 Å². The van der Waals surface area contributed by atoms with E-state index >= 15 is 0 Å². The normalized spacial score (nSPS) is 12.7. The topological polar surface area (TPSA) is 101 Å². The van der Waals surface area contributed by atoms with E-state index in [1.54, 1.807) is 19.1 Å². The monoisotopic (exact) mass is 313 g/mol. The van der Waals surface area contributed by atoms with E-state index in [1.165, 1.54) is 19.1 Å². The number of hydrogen-bond acceptors (Lipinski definition) is 4. The van der Waals surface area contributed by atoms with Crippen LogP contribution in [-0.4, -0.2) is 37.2 Å². The second kappa shape index (κ2) is 7.21.